The number of benzene rings is 3. The lowest BCUT2D eigenvalue weighted by atomic mass is 10.3. The zero-order valence-electron chi connectivity index (χ0n) is 12.2. The van der Waals surface area contributed by atoms with Gasteiger partial charge in [-0.25, -0.2) is 0 Å². The summed E-state index contributed by atoms with van der Waals surface area (Å²) in [6, 6.07) is 26.9. The van der Waals surface area contributed by atoms with Crippen LogP contribution in [0.5, 0.6) is 0 Å². The zero-order chi connectivity index (χ0) is 16.1. The van der Waals surface area contributed by atoms with E-state index in [9.17, 15) is 0 Å². The molecule has 3 rings (SSSR count). The Balaban J connectivity index is 1.84. The zero-order valence-corrected chi connectivity index (χ0v) is 16.3. The van der Waals surface area contributed by atoms with Crippen molar-refractivity contribution in [3.63, 3.8) is 0 Å². The van der Waals surface area contributed by atoms with Crippen LogP contribution in [0.2, 0.25) is 0 Å². The fourth-order valence-electron chi connectivity index (χ4n) is 2.04. The molecule has 116 valence electrons. The van der Waals surface area contributed by atoms with Crippen LogP contribution in [0.15, 0.2) is 87.8 Å². The van der Waals surface area contributed by atoms with Gasteiger partial charge < -0.3 is 10.2 Å². The van der Waals surface area contributed by atoms with Gasteiger partial charge in [-0.3, -0.25) is 0 Å². The molecule has 2 N–H and O–H groups in total. The van der Waals surface area contributed by atoms with E-state index in [0.717, 1.165) is 20.3 Å². The van der Waals surface area contributed by atoms with Gasteiger partial charge in [-0.05, 0) is 48.5 Å². The largest absolute Gasteiger partial charge is 0.344 e. The van der Waals surface area contributed by atoms with Crippen LogP contribution in [-0.4, -0.2) is 0 Å². The Kier molecular flexibility index (Phi) is 5.71. The SMILES string of the molecule is Brc1ccc(NP(Nc2ccc(Br)cc2)c2ccccc2)cc1. The molecule has 0 aromatic heterocycles. The number of halogens is 2. The molecule has 0 unspecified atom stereocenters. The topological polar surface area (TPSA) is 24.1 Å². The second-order valence-corrected chi connectivity index (χ2v) is 8.37. The minimum absolute atomic E-state index is 0.758. The Morgan fingerprint density at radius 1 is 0.565 bits per heavy atom. The van der Waals surface area contributed by atoms with Crippen LogP contribution in [0.3, 0.4) is 0 Å². The average molecular weight is 450 g/mol. The van der Waals surface area contributed by atoms with Crippen molar-refractivity contribution in [3.8, 4) is 0 Å². The Morgan fingerprint density at radius 3 is 1.43 bits per heavy atom. The molecular formula is C18H15Br2N2P. The molecule has 3 aromatic rings. The Morgan fingerprint density at radius 2 is 1.00 bits per heavy atom. The first-order valence-electron chi connectivity index (χ1n) is 7.10. The highest BCUT2D eigenvalue weighted by Gasteiger charge is 2.11. The molecular weight excluding hydrogens is 435 g/mol. The summed E-state index contributed by atoms with van der Waals surface area (Å²) in [5.74, 6) is 0. The predicted molar refractivity (Wildman–Crippen MR) is 109 cm³/mol. The predicted octanol–water partition coefficient (Wildman–Crippen LogP) is 6.37. The fraction of sp³-hybridized carbons (Fsp3) is 0. The van der Waals surface area contributed by atoms with Crippen molar-refractivity contribution in [1.29, 1.82) is 0 Å². The number of hydrogen-bond acceptors (Lipinski definition) is 2. The van der Waals surface area contributed by atoms with E-state index in [2.05, 4.69) is 90.6 Å². The minimum Gasteiger partial charge on any atom is -0.344 e. The van der Waals surface area contributed by atoms with Crippen LogP contribution in [-0.2, 0) is 0 Å². The summed E-state index contributed by atoms with van der Waals surface area (Å²) in [7, 11) is -0.758. The lowest BCUT2D eigenvalue weighted by Crippen LogP contribution is -2.13. The maximum atomic E-state index is 3.61. The molecule has 0 fully saturated rings. The minimum atomic E-state index is -0.758. The summed E-state index contributed by atoms with van der Waals surface area (Å²) in [6.07, 6.45) is 0. The van der Waals surface area contributed by atoms with Gasteiger partial charge in [-0.1, -0.05) is 62.2 Å². The summed E-state index contributed by atoms with van der Waals surface area (Å²) in [6.45, 7) is 0. The Bertz CT molecular complexity index is 699. The van der Waals surface area contributed by atoms with Gasteiger partial charge in [0.15, 0.2) is 0 Å². The van der Waals surface area contributed by atoms with Crippen molar-refractivity contribution in [2.24, 2.45) is 0 Å². The van der Waals surface area contributed by atoms with E-state index in [4.69, 9.17) is 0 Å². The molecule has 0 bridgehead atoms. The van der Waals surface area contributed by atoms with Crippen molar-refractivity contribution < 1.29 is 0 Å². The molecule has 0 aliphatic carbocycles. The third kappa shape index (κ3) is 4.81. The number of rotatable bonds is 5. The molecule has 0 heterocycles. The van der Waals surface area contributed by atoms with Crippen molar-refractivity contribution in [2.75, 3.05) is 10.2 Å². The highest BCUT2D eigenvalue weighted by atomic mass is 79.9. The lowest BCUT2D eigenvalue weighted by Gasteiger charge is -2.22. The highest BCUT2D eigenvalue weighted by Crippen LogP contribution is 2.36. The maximum Gasteiger partial charge on any atom is 0.123 e. The molecule has 5 heteroatoms. The van der Waals surface area contributed by atoms with Gasteiger partial charge in [0.1, 0.15) is 8.22 Å². The van der Waals surface area contributed by atoms with Crippen LogP contribution >= 0.6 is 40.1 Å². The molecule has 2 nitrogen and oxygen atoms in total. The molecule has 0 amide bonds. The Hall–Kier alpha value is -1.35. The van der Waals surface area contributed by atoms with Gasteiger partial charge in [-0.2, -0.15) is 0 Å². The van der Waals surface area contributed by atoms with Crippen LogP contribution in [0.1, 0.15) is 0 Å². The van der Waals surface area contributed by atoms with Gasteiger partial charge in [0.2, 0.25) is 0 Å². The molecule has 0 aliphatic rings. The van der Waals surface area contributed by atoms with Crippen LogP contribution in [0, 0.1) is 0 Å². The number of hydrogen-bond donors (Lipinski definition) is 2. The summed E-state index contributed by atoms with van der Waals surface area (Å²) in [4.78, 5) is 0. The fourth-order valence-corrected chi connectivity index (χ4v) is 4.17. The molecule has 0 aliphatic heterocycles. The van der Waals surface area contributed by atoms with Crippen molar-refractivity contribution in [1.82, 2.24) is 0 Å². The van der Waals surface area contributed by atoms with E-state index in [-0.39, 0.29) is 0 Å². The normalized spacial score (nSPS) is 10.6. The Labute approximate surface area is 154 Å². The first kappa shape index (κ1) is 16.5. The molecule has 0 saturated heterocycles. The van der Waals surface area contributed by atoms with E-state index >= 15 is 0 Å². The highest BCUT2D eigenvalue weighted by molar-refractivity contribution is 9.10. The number of anilines is 2. The second-order valence-electron chi connectivity index (χ2n) is 4.91. The van der Waals surface area contributed by atoms with E-state index in [1.165, 1.54) is 5.30 Å². The third-order valence-electron chi connectivity index (χ3n) is 3.18. The standard InChI is InChI=1S/C18H15Br2N2P/c19-14-6-10-16(11-7-14)21-23(18-4-2-1-3-5-18)22-17-12-8-15(20)9-13-17/h1-13,21-22H. The maximum absolute atomic E-state index is 3.61. The molecule has 0 saturated carbocycles. The van der Waals surface area contributed by atoms with Gasteiger partial charge in [0.05, 0.1) is 0 Å². The molecule has 3 aromatic carbocycles. The first-order valence-corrected chi connectivity index (χ1v) is 10.0. The molecule has 23 heavy (non-hydrogen) atoms. The van der Waals surface area contributed by atoms with Crippen LogP contribution in [0.4, 0.5) is 11.4 Å². The van der Waals surface area contributed by atoms with Crippen LogP contribution < -0.4 is 15.5 Å². The molecule has 0 spiro atoms. The van der Waals surface area contributed by atoms with Gasteiger partial charge in [0.25, 0.3) is 0 Å². The third-order valence-corrected chi connectivity index (χ3v) is 6.02. The van der Waals surface area contributed by atoms with E-state index < -0.39 is 8.22 Å². The van der Waals surface area contributed by atoms with Gasteiger partial charge in [-0.15, -0.1) is 0 Å². The molecule has 0 radical (unpaired) electrons. The van der Waals surface area contributed by atoms with Gasteiger partial charge in [0, 0.05) is 25.6 Å². The van der Waals surface area contributed by atoms with Crippen LogP contribution in [0.25, 0.3) is 0 Å². The van der Waals surface area contributed by atoms with Gasteiger partial charge >= 0.3 is 0 Å². The summed E-state index contributed by atoms with van der Waals surface area (Å²) < 4.78 is 2.15. The van der Waals surface area contributed by atoms with E-state index in [1.54, 1.807) is 0 Å². The van der Waals surface area contributed by atoms with E-state index in [0.29, 0.717) is 0 Å². The van der Waals surface area contributed by atoms with Crippen molar-refractivity contribution >= 4 is 56.8 Å². The number of nitrogens with one attached hydrogen (secondary N) is 2. The smallest absolute Gasteiger partial charge is 0.123 e. The molecule has 0 atom stereocenters. The second kappa shape index (κ2) is 7.96. The summed E-state index contributed by atoms with van der Waals surface area (Å²) in [5, 5.41) is 8.46. The quantitative estimate of drug-likeness (QED) is 0.442. The first-order chi connectivity index (χ1) is 11.2. The van der Waals surface area contributed by atoms with E-state index in [1.807, 2.05) is 30.3 Å². The monoisotopic (exact) mass is 448 g/mol. The van der Waals surface area contributed by atoms with Crippen molar-refractivity contribution in [2.45, 2.75) is 0 Å². The van der Waals surface area contributed by atoms with Crippen molar-refractivity contribution in [3.05, 3.63) is 87.8 Å². The summed E-state index contributed by atoms with van der Waals surface area (Å²) >= 11 is 6.95. The summed E-state index contributed by atoms with van der Waals surface area (Å²) in [5.41, 5.74) is 2.18. The average Bonchev–Trinajstić information content (AvgIpc) is 2.59. The lowest BCUT2D eigenvalue weighted by molar-refractivity contribution is 1.60.